The van der Waals surface area contributed by atoms with Crippen LogP contribution >= 0.6 is 23.4 Å². The first-order valence-corrected chi connectivity index (χ1v) is 8.08. The first-order valence-electron chi connectivity index (χ1n) is 6.72. The normalized spacial score (nSPS) is 16.6. The number of carbonyl (C=O) groups excluding carboxylic acids is 2. The zero-order valence-corrected chi connectivity index (χ0v) is 13.9. The van der Waals surface area contributed by atoms with Gasteiger partial charge in [-0.25, -0.2) is 9.79 Å². The number of ether oxygens (including phenoxy) is 1. The fraction of sp³-hybridized carbons (Fsp3) is 0.267. The summed E-state index contributed by atoms with van der Waals surface area (Å²) in [6, 6.07) is 3.17. The van der Waals surface area contributed by atoms with Gasteiger partial charge in [-0.2, -0.15) is 13.2 Å². The molecule has 0 saturated carbocycles. The quantitative estimate of drug-likeness (QED) is 0.583. The monoisotopic (exact) mass is 377 g/mol. The van der Waals surface area contributed by atoms with Gasteiger partial charge in [-0.3, -0.25) is 4.79 Å². The van der Waals surface area contributed by atoms with E-state index in [1.54, 1.807) is 6.92 Å². The zero-order valence-electron chi connectivity index (χ0n) is 12.3. The highest BCUT2D eigenvalue weighted by atomic mass is 35.5. The van der Waals surface area contributed by atoms with Crippen molar-refractivity contribution in [3.63, 3.8) is 0 Å². The predicted octanol–water partition coefficient (Wildman–Crippen LogP) is 4.19. The molecule has 0 bridgehead atoms. The van der Waals surface area contributed by atoms with Crippen LogP contribution in [0, 0.1) is 0 Å². The minimum atomic E-state index is -4.62. The molecule has 4 nitrogen and oxygen atoms in total. The summed E-state index contributed by atoms with van der Waals surface area (Å²) in [5.41, 5.74) is -0.864. The van der Waals surface area contributed by atoms with Crippen LogP contribution in [0.4, 0.5) is 18.9 Å². The van der Waals surface area contributed by atoms with Gasteiger partial charge in [-0.1, -0.05) is 11.6 Å². The average Bonchev–Trinajstić information content (AvgIpc) is 2.91. The summed E-state index contributed by atoms with van der Waals surface area (Å²) < 4.78 is 43.6. The van der Waals surface area contributed by atoms with Gasteiger partial charge in [0.25, 0.3) is 0 Å². The van der Waals surface area contributed by atoms with Crippen LogP contribution in [0.1, 0.15) is 12.5 Å². The minimum absolute atomic E-state index is 0.0136. The number of rotatable bonds is 4. The summed E-state index contributed by atoms with van der Waals surface area (Å²) in [4.78, 5) is 27.1. The largest absolute Gasteiger partial charge is 0.462 e. The summed E-state index contributed by atoms with van der Waals surface area (Å²) in [5, 5.41) is -0.300. The molecule has 0 aromatic heterocycles. The summed E-state index contributed by atoms with van der Waals surface area (Å²) >= 11 is 6.64. The van der Waals surface area contributed by atoms with E-state index in [9.17, 15) is 22.8 Å². The Morgan fingerprint density at radius 2 is 2.17 bits per heavy atom. The Labute approximate surface area is 144 Å². The predicted molar refractivity (Wildman–Crippen MR) is 85.7 cm³/mol. The number of carbonyl (C=O) groups is 2. The maximum absolute atomic E-state index is 12.9. The Hall–Kier alpha value is -1.80. The highest BCUT2D eigenvalue weighted by Crippen LogP contribution is 2.38. The molecule has 0 radical (unpaired) electrons. The van der Waals surface area contributed by atoms with E-state index in [1.807, 2.05) is 0 Å². The fourth-order valence-corrected chi connectivity index (χ4v) is 3.21. The second kappa shape index (κ2) is 7.40. The van der Waals surface area contributed by atoms with Crippen molar-refractivity contribution in [2.24, 2.45) is 4.99 Å². The van der Waals surface area contributed by atoms with Gasteiger partial charge in [0.2, 0.25) is 0 Å². The van der Waals surface area contributed by atoms with Gasteiger partial charge in [-0.05, 0) is 25.1 Å². The van der Waals surface area contributed by atoms with Crippen LogP contribution in [0.5, 0.6) is 0 Å². The molecule has 0 saturated heterocycles. The van der Waals surface area contributed by atoms with E-state index in [-0.39, 0.29) is 34.2 Å². The molecular formula is C15H11ClF3NO3S. The van der Waals surface area contributed by atoms with Crippen molar-refractivity contribution >= 4 is 46.3 Å². The van der Waals surface area contributed by atoms with Gasteiger partial charge in [0.1, 0.15) is 11.3 Å². The maximum atomic E-state index is 12.9. The van der Waals surface area contributed by atoms with E-state index in [1.165, 1.54) is 6.07 Å². The van der Waals surface area contributed by atoms with Crippen LogP contribution in [0.25, 0.3) is 0 Å². The topological polar surface area (TPSA) is 55.7 Å². The van der Waals surface area contributed by atoms with Gasteiger partial charge in [0.15, 0.2) is 0 Å². The smallest absolute Gasteiger partial charge is 0.417 e. The number of alkyl halides is 3. The molecule has 0 unspecified atom stereocenters. The second-order valence-electron chi connectivity index (χ2n) is 4.61. The number of hydrogen-bond donors (Lipinski definition) is 0. The first kappa shape index (κ1) is 18.5. The lowest BCUT2D eigenvalue weighted by Crippen LogP contribution is -2.13. The number of benzene rings is 1. The summed E-state index contributed by atoms with van der Waals surface area (Å²) in [6.45, 7) is 1.71. The van der Waals surface area contributed by atoms with Crippen LogP contribution in [-0.4, -0.2) is 29.7 Å². The number of nitrogens with zero attached hydrogens (tertiary/aromatic N) is 1. The lowest BCUT2D eigenvalue weighted by atomic mass is 10.1. The molecule has 1 heterocycles. The average molecular weight is 378 g/mol. The lowest BCUT2D eigenvalue weighted by molar-refractivity contribution is -0.138. The SMILES string of the molecule is CCOC(=O)C1=C(C=O)CSC1=Nc1ccc(Cl)c(C(F)(F)F)c1. The summed E-state index contributed by atoms with van der Waals surface area (Å²) in [7, 11) is 0. The van der Waals surface area contributed by atoms with E-state index in [0.29, 0.717) is 6.29 Å². The van der Waals surface area contributed by atoms with Crippen LogP contribution in [0.15, 0.2) is 34.3 Å². The van der Waals surface area contributed by atoms with Crippen LogP contribution in [0.3, 0.4) is 0 Å². The second-order valence-corrected chi connectivity index (χ2v) is 5.98. The van der Waals surface area contributed by atoms with E-state index in [2.05, 4.69) is 4.99 Å². The number of aldehydes is 1. The molecule has 2 rings (SSSR count). The lowest BCUT2D eigenvalue weighted by Gasteiger charge is -2.10. The molecular weight excluding hydrogens is 367 g/mol. The molecule has 9 heteroatoms. The Kier molecular flexibility index (Phi) is 5.71. The minimum Gasteiger partial charge on any atom is -0.462 e. The molecule has 128 valence electrons. The van der Waals surface area contributed by atoms with Gasteiger partial charge < -0.3 is 4.74 Å². The van der Waals surface area contributed by atoms with E-state index >= 15 is 0 Å². The molecule has 0 fully saturated rings. The van der Waals surface area contributed by atoms with Gasteiger partial charge >= 0.3 is 12.1 Å². The highest BCUT2D eigenvalue weighted by molar-refractivity contribution is 8.15. The van der Waals surface area contributed by atoms with Crippen molar-refractivity contribution in [2.45, 2.75) is 13.1 Å². The molecule has 0 aliphatic carbocycles. The maximum Gasteiger partial charge on any atom is 0.417 e. The van der Waals surface area contributed by atoms with Gasteiger partial charge in [0, 0.05) is 11.3 Å². The summed E-state index contributed by atoms with van der Waals surface area (Å²) in [6.07, 6.45) is -4.10. The fourth-order valence-electron chi connectivity index (χ4n) is 1.95. The molecule has 0 amide bonds. The molecule has 1 aliphatic rings. The third-order valence-electron chi connectivity index (χ3n) is 3.01. The summed E-state index contributed by atoms with van der Waals surface area (Å²) in [5.74, 6) is -0.524. The molecule has 1 aliphatic heterocycles. The number of hydrogen-bond acceptors (Lipinski definition) is 5. The molecule has 0 atom stereocenters. The third-order valence-corrected chi connectivity index (χ3v) is 4.36. The first-order chi connectivity index (χ1) is 11.3. The van der Waals surface area contributed by atoms with Crippen molar-refractivity contribution in [2.75, 3.05) is 12.4 Å². The van der Waals surface area contributed by atoms with Gasteiger partial charge in [-0.15, -0.1) is 11.8 Å². The number of aliphatic imine (C=N–C) groups is 1. The van der Waals surface area contributed by atoms with Crippen LogP contribution in [-0.2, 0) is 20.5 Å². The van der Waals surface area contributed by atoms with Crippen molar-refractivity contribution in [1.29, 1.82) is 0 Å². The van der Waals surface area contributed by atoms with E-state index < -0.39 is 22.7 Å². The van der Waals surface area contributed by atoms with Crippen molar-refractivity contribution < 1.29 is 27.5 Å². The zero-order chi connectivity index (χ0) is 17.9. The van der Waals surface area contributed by atoms with Crippen LogP contribution in [0.2, 0.25) is 5.02 Å². The molecule has 0 spiro atoms. The molecule has 1 aromatic carbocycles. The molecule has 0 N–H and O–H groups in total. The molecule has 1 aromatic rings. The van der Waals surface area contributed by atoms with E-state index in [0.717, 1.165) is 23.9 Å². The van der Waals surface area contributed by atoms with E-state index in [4.69, 9.17) is 16.3 Å². The molecule has 24 heavy (non-hydrogen) atoms. The van der Waals surface area contributed by atoms with Gasteiger partial charge in [0.05, 0.1) is 28.5 Å². The standard InChI is InChI=1S/C15H11ClF3NO3S/c1-2-23-14(22)12-8(6-21)7-24-13(12)20-9-3-4-11(16)10(5-9)15(17,18)19/h3-6H,2,7H2,1H3. The number of halogens is 4. The highest BCUT2D eigenvalue weighted by Gasteiger charge is 2.34. The number of esters is 1. The van der Waals surface area contributed by atoms with Crippen molar-refractivity contribution in [3.05, 3.63) is 39.9 Å². The van der Waals surface area contributed by atoms with Crippen molar-refractivity contribution in [1.82, 2.24) is 0 Å². The Bertz CT molecular complexity index is 744. The van der Waals surface area contributed by atoms with Crippen LogP contribution < -0.4 is 0 Å². The Morgan fingerprint density at radius 1 is 1.46 bits per heavy atom. The Morgan fingerprint density at radius 3 is 2.75 bits per heavy atom. The number of thioether (sulfide) groups is 1. The third kappa shape index (κ3) is 3.99. The van der Waals surface area contributed by atoms with Crippen molar-refractivity contribution in [3.8, 4) is 0 Å². The Balaban J connectivity index is 2.46.